The van der Waals surface area contributed by atoms with Gasteiger partial charge >= 0.3 is 6.18 Å². The number of benzene rings is 1. The van der Waals surface area contributed by atoms with Crippen molar-refractivity contribution in [1.29, 1.82) is 0 Å². The maximum atomic E-state index is 12.9. The van der Waals surface area contributed by atoms with Crippen LogP contribution in [0, 0.1) is 0 Å². The first-order valence-corrected chi connectivity index (χ1v) is 6.93. The number of rotatable bonds is 3. The van der Waals surface area contributed by atoms with Crippen molar-refractivity contribution in [2.75, 3.05) is 11.4 Å². The number of nitrogens with zero attached hydrogens (tertiary/aromatic N) is 1. The highest BCUT2D eigenvalue weighted by Crippen LogP contribution is 2.42. The molecule has 1 aromatic rings. The van der Waals surface area contributed by atoms with E-state index in [0.717, 1.165) is 17.8 Å². The van der Waals surface area contributed by atoms with E-state index in [2.05, 4.69) is 18.7 Å². The highest BCUT2D eigenvalue weighted by Gasteiger charge is 2.35. The summed E-state index contributed by atoms with van der Waals surface area (Å²) in [7, 11) is 0. The van der Waals surface area contributed by atoms with Gasteiger partial charge in [0.2, 0.25) is 0 Å². The maximum absolute atomic E-state index is 12.9. The average molecular weight is 286 g/mol. The molecular formula is C15H21F3N2. The molecule has 0 radical (unpaired) electrons. The number of anilines is 1. The second-order valence-electron chi connectivity index (χ2n) is 5.93. The summed E-state index contributed by atoms with van der Waals surface area (Å²) in [6.07, 6.45) is -3.59. The van der Waals surface area contributed by atoms with Crippen LogP contribution in [0.15, 0.2) is 18.2 Å². The summed E-state index contributed by atoms with van der Waals surface area (Å²) in [5, 5.41) is 0. The van der Waals surface area contributed by atoms with E-state index >= 15 is 0 Å². The van der Waals surface area contributed by atoms with Crippen LogP contribution in [0.4, 0.5) is 18.9 Å². The minimum Gasteiger partial charge on any atom is -0.368 e. The predicted molar refractivity (Wildman–Crippen MR) is 74.9 cm³/mol. The fourth-order valence-electron chi connectivity index (χ4n) is 2.89. The molecule has 1 aliphatic rings. The summed E-state index contributed by atoms with van der Waals surface area (Å²) in [5.41, 5.74) is 6.96. The van der Waals surface area contributed by atoms with Gasteiger partial charge in [0, 0.05) is 30.2 Å². The molecule has 20 heavy (non-hydrogen) atoms. The summed E-state index contributed by atoms with van der Waals surface area (Å²) >= 11 is 0. The second kappa shape index (κ2) is 5.28. The molecule has 2 unspecified atom stereocenters. The van der Waals surface area contributed by atoms with Gasteiger partial charge in [0.1, 0.15) is 0 Å². The Morgan fingerprint density at radius 2 is 1.95 bits per heavy atom. The zero-order valence-corrected chi connectivity index (χ0v) is 12.0. The van der Waals surface area contributed by atoms with Crippen LogP contribution in [0.2, 0.25) is 0 Å². The first-order valence-electron chi connectivity index (χ1n) is 6.93. The lowest BCUT2D eigenvalue weighted by molar-refractivity contribution is -0.137. The monoisotopic (exact) mass is 286 g/mol. The van der Waals surface area contributed by atoms with Gasteiger partial charge in [0.05, 0.1) is 5.56 Å². The third-order valence-electron chi connectivity index (χ3n) is 3.80. The van der Waals surface area contributed by atoms with Gasteiger partial charge in [-0.2, -0.15) is 13.2 Å². The standard InChI is InChI=1S/C15H21F3N2/c1-9(2)20-8-11(6-10(3)19)13-7-12(15(16,17)18)4-5-14(13)20/h4-5,7,9-11H,6,8,19H2,1-3H3. The van der Waals surface area contributed by atoms with E-state index in [1.165, 1.54) is 12.1 Å². The summed E-state index contributed by atoms with van der Waals surface area (Å²) in [4.78, 5) is 2.16. The minimum absolute atomic E-state index is 0.0190. The number of fused-ring (bicyclic) bond motifs is 1. The van der Waals surface area contributed by atoms with E-state index in [-0.39, 0.29) is 18.0 Å². The van der Waals surface area contributed by atoms with Gasteiger partial charge in [0.25, 0.3) is 0 Å². The molecule has 0 saturated carbocycles. The first-order chi connectivity index (χ1) is 9.20. The van der Waals surface area contributed by atoms with Crippen LogP contribution in [0.25, 0.3) is 0 Å². The average Bonchev–Trinajstić information content (AvgIpc) is 2.66. The SMILES string of the molecule is CC(N)CC1CN(C(C)C)c2ccc(C(F)(F)F)cc21. The Bertz CT molecular complexity index is 480. The van der Waals surface area contributed by atoms with Crippen LogP contribution in [0.5, 0.6) is 0 Å². The first kappa shape index (κ1) is 15.2. The third kappa shape index (κ3) is 2.92. The van der Waals surface area contributed by atoms with Gasteiger partial charge in [-0.1, -0.05) is 0 Å². The molecule has 5 heteroatoms. The molecule has 2 N–H and O–H groups in total. The van der Waals surface area contributed by atoms with E-state index in [9.17, 15) is 13.2 Å². The van der Waals surface area contributed by atoms with Crippen molar-refractivity contribution in [3.63, 3.8) is 0 Å². The van der Waals surface area contributed by atoms with Crippen molar-refractivity contribution in [3.05, 3.63) is 29.3 Å². The van der Waals surface area contributed by atoms with Crippen LogP contribution >= 0.6 is 0 Å². The Balaban J connectivity index is 2.42. The maximum Gasteiger partial charge on any atom is 0.416 e. The van der Waals surface area contributed by atoms with E-state index < -0.39 is 11.7 Å². The Hall–Kier alpha value is -1.23. The fraction of sp³-hybridized carbons (Fsp3) is 0.600. The van der Waals surface area contributed by atoms with Gasteiger partial charge in [-0.15, -0.1) is 0 Å². The van der Waals surface area contributed by atoms with Crippen molar-refractivity contribution in [1.82, 2.24) is 0 Å². The van der Waals surface area contributed by atoms with Crippen molar-refractivity contribution >= 4 is 5.69 Å². The lowest BCUT2D eigenvalue weighted by Crippen LogP contribution is -2.30. The Labute approximate surface area is 117 Å². The number of halogens is 3. The molecule has 0 amide bonds. The predicted octanol–water partition coefficient (Wildman–Crippen LogP) is 3.75. The van der Waals surface area contributed by atoms with Gasteiger partial charge < -0.3 is 10.6 Å². The van der Waals surface area contributed by atoms with Crippen molar-refractivity contribution in [2.24, 2.45) is 5.73 Å². The zero-order chi connectivity index (χ0) is 15.1. The molecule has 1 heterocycles. The Morgan fingerprint density at radius 1 is 1.30 bits per heavy atom. The topological polar surface area (TPSA) is 29.3 Å². The van der Waals surface area contributed by atoms with E-state index in [1.807, 2.05) is 6.92 Å². The summed E-state index contributed by atoms with van der Waals surface area (Å²) in [6, 6.07) is 4.31. The van der Waals surface area contributed by atoms with Crippen LogP contribution in [0.3, 0.4) is 0 Å². The van der Waals surface area contributed by atoms with E-state index in [1.54, 1.807) is 6.07 Å². The van der Waals surface area contributed by atoms with Crippen molar-refractivity contribution in [2.45, 2.75) is 51.4 Å². The molecule has 0 fully saturated rings. The fourth-order valence-corrected chi connectivity index (χ4v) is 2.89. The molecule has 0 bridgehead atoms. The number of hydrogen-bond acceptors (Lipinski definition) is 2. The molecule has 0 aliphatic carbocycles. The highest BCUT2D eigenvalue weighted by molar-refractivity contribution is 5.62. The summed E-state index contributed by atoms with van der Waals surface area (Å²) in [6.45, 7) is 6.74. The largest absolute Gasteiger partial charge is 0.416 e. The number of hydrogen-bond donors (Lipinski definition) is 1. The highest BCUT2D eigenvalue weighted by atomic mass is 19.4. The zero-order valence-electron chi connectivity index (χ0n) is 12.0. The smallest absolute Gasteiger partial charge is 0.368 e. The van der Waals surface area contributed by atoms with Crippen LogP contribution in [-0.2, 0) is 6.18 Å². The third-order valence-corrected chi connectivity index (χ3v) is 3.80. The molecule has 0 spiro atoms. The lowest BCUT2D eigenvalue weighted by Gasteiger charge is -2.24. The van der Waals surface area contributed by atoms with Gasteiger partial charge in [-0.05, 0) is 51.0 Å². The minimum atomic E-state index is -4.29. The number of alkyl halides is 3. The summed E-state index contributed by atoms with van der Waals surface area (Å²) in [5.74, 6) is 0.0784. The normalized spacial score (nSPS) is 20.4. The van der Waals surface area contributed by atoms with E-state index in [0.29, 0.717) is 6.42 Å². The molecule has 0 saturated heterocycles. The molecule has 2 rings (SSSR count). The molecule has 112 valence electrons. The van der Waals surface area contributed by atoms with Gasteiger partial charge in [0.15, 0.2) is 0 Å². The molecule has 1 aromatic carbocycles. The van der Waals surface area contributed by atoms with Gasteiger partial charge in [-0.3, -0.25) is 0 Å². The molecular weight excluding hydrogens is 265 g/mol. The van der Waals surface area contributed by atoms with Crippen LogP contribution < -0.4 is 10.6 Å². The van der Waals surface area contributed by atoms with E-state index in [4.69, 9.17) is 5.73 Å². The number of nitrogens with two attached hydrogens (primary N) is 1. The Kier molecular flexibility index (Phi) is 4.00. The molecule has 2 nitrogen and oxygen atoms in total. The molecule has 2 atom stereocenters. The molecule has 1 aliphatic heterocycles. The van der Waals surface area contributed by atoms with Gasteiger partial charge in [-0.25, -0.2) is 0 Å². The summed E-state index contributed by atoms with van der Waals surface area (Å²) < 4.78 is 38.6. The lowest BCUT2D eigenvalue weighted by atomic mass is 9.93. The molecule has 0 aromatic heterocycles. The van der Waals surface area contributed by atoms with Crippen molar-refractivity contribution in [3.8, 4) is 0 Å². The van der Waals surface area contributed by atoms with Crippen LogP contribution in [0.1, 0.15) is 44.2 Å². The van der Waals surface area contributed by atoms with Crippen molar-refractivity contribution < 1.29 is 13.2 Å². The van der Waals surface area contributed by atoms with Crippen LogP contribution in [-0.4, -0.2) is 18.6 Å². The Morgan fingerprint density at radius 3 is 2.45 bits per heavy atom. The second-order valence-corrected chi connectivity index (χ2v) is 5.93. The quantitative estimate of drug-likeness (QED) is 0.917.